The van der Waals surface area contributed by atoms with Gasteiger partial charge < -0.3 is 10.1 Å². The number of nitrogens with one attached hydrogen (secondary N) is 2. The summed E-state index contributed by atoms with van der Waals surface area (Å²) in [7, 11) is -3.66. The van der Waals surface area contributed by atoms with Crippen LogP contribution in [-0.2, 0) is 21.2 Å². The fourth-order valence-electron chi connectivity index (χ4n) is 3.11. The van der Waals surface area contributed by atoms with Gasteiger partial charge in [-0.25, -0.2) is 13.1 Å². The molecule has 0 aliphatic carbocycles. The summed E-state index contributed by atoms with van der Waals surface area (Å²) in [6.07, 6.45) is -4.57. The Hall–Kier alpha value is -3.69. The minimum Gasteiger partial charge on any atom is -0.406 e. The number of halogens is 3. The number of anilines is 1. The summed E-state index contributed by atoms with van der Waals surface area (Å²) < 4.78 is 69.3. The molecule has 0 radical (unpaired) electrons. The highest BCUT2D eigenvalue weighted by Gasteiger charge is 2.31. The van der Waals surface area contributed by atoms with Crippen LogP contribution in [0.25, 0.3) is 5.65 Å². The number of carbonyl (C=O) groups excluding carboxylic acids is 1. The van der Waals surface area contributed by atoms with Gasteiger partial charge in [-0.3, -0.25) is 4.79 Å². The maximum Gasteiger partial charge on any atom is 0.573 e. The minimum atomic E-state index is -4.80. The van der Waals surface area contributed by atoms with Crippen LogP contribution in [0.3, 0.4) is 0 Å². The van der Waals surface area contributed by atoms with Gasteiger partial charge in [0.1, 0.15) is 10.8 Å². The Labute approximate surface area is 213 Å². The third kappa shape index (κ3) is 7.41. The van der Waals surface area contributed by atoms with Gasteiger partial charge in [-0.05, 0) is 48.5 Å². The van der Waals surface area contributed by atoms with Gasteiger partial charge in [0.05, 0.1) is 10.6 Å². The lowest BCUT2D eigenvalue weighted by Crippen LogP contribution is -2.26. The van der Waals surface area contributed by atoms with Gasteiger partial charge in [0, 0.05) is 18.7 Å². The van der Waals surface area contributed by atoms with Gasteiger partial charge in [0.2, 0.25) is 15.9 Å². The van der Waals surface area contributed by atoms with Crippen LogP contribution in [0.5, 0.6) is 5.75 Å². The lowest BCUT2D eigenvalue weighted by Gasteiger charge is -2.10. The highest BCUT2D eigenvalue weighted by molar-refractivity contribution is 7.99. The third-order valence-electron chi connectivity index (χ3n) is 4.72. The number of amides is 1. The molecule has 194 valence electrons. The Morgan fingerprint density at radius 1 is 1.00 bits per heavy atom. The van der Waals surface area contributed by atoms with Crippen LogP contribution >= 0.6 is 11.8 Å². The molecule has 0 spiro atoms. The summed E-state index contributed by atoms with van der Waals surface area (Å²) in [4.78, 5) is 12.4. The molecule has 0 unspecified atom stereocenters. The lowest BCUT2D eigenvalue weighted by atomic mass is 10.3. The number of rotatable bonds is 10. The molecular formula is C22H19F3N6O4S2. The highest BCUT2D eigenvalue weighted by Crippen LogP contribution is 2.24. The van der Waals surface area contributed by atoms with Crippen molar-refractivity contribution < 1.29 is 31.1 Å². The van der Waals surface area contributed by atoms with E-state index >= 15 is 0 Å². The van der Waals surface area contributed by atoms with E-state index in [9.17, 15) is 26.4 Å². The maximum absolute atomic E-state index is 12.4. The molecule has 4 rings (SSSR count). The Morgan fingerprint density at radius 2 is 1.73 bits per heavy atom. The number of thioether (sulfide) groups is 1. The molecule has 0 atom stereocenters. The summed E-state index contributed by atoms with van der Waals surface area (Å²) in [6, 6.07) is 16.1. The molecule has 0 aliphatic heterocycles. The van der Waals surface area contributed by atoms with E-state index in [0.717, 1.165) is 23.9 Å². The Kier molecular flexibility index (Phi) is 7.94. The van der Waals surface area contributed by atoms with Crippen molar-refractivity contribution in [3.05, 3.63) is 72.6 Å². The molecule has 10 nitrogen and oxygen atoms in total. The van der Waals surface area contributed by atoms with Crippen molar-refractivity contribution in [2.45, 2.75) is 22.7 Å². The van der Waals surface area contributed by atoms with Crippen molar-refractivity contribution in [3.8, 4) is 5.75 Å². The molecule has 0 bridgehead atoms. The largest absolute Gasteiger partial charge is 0.573 e. The molecule has 0 aliphatic rings. The summed E-state index contributed by atoms with van der Waals surface area (Å²) in [5, 5.41) is 15.5. The van der Waals surface area contributed by atoms with Crippen molar-refractivity contribution in [2.24, 2.45) is 0 Å². The molecule has 1 amide bonds. The summed E-state index contributed by atoms with van der Waals surface area (Å²) in [5.41, 5.74) is 0.762. The molecule has 2 aromatic carbocycles. The van der Waals surface area contributed by atoms with Gasteiger partial charge in [0.25, 0.3) is 0 Å². The quantitative estimate of drug-likeness (QED) is 0.287. The number of hydrogen-bond acceptors (Lipinski definition) is 8. The van der Waals surface area contributed by atoms with E-state index in [4.69, 9.17) is 0 Å². The average molecular weight is 553 g/mol. The van der Waals surface area contributed by atoms with E-state index in [0.29, 0.717) is 22.2 Å². The van der Waals surface area contributed by atoms with Crippen LogP contribution in [0.4, 0.5) is 18.9 Å². The van der Waals surface area contributed by atoms with Crippen LogP contribution in [0.2, 0.25) is 0 Å². The Balaban J connectivity index is 1.32. The van der Waals surface area contributed by atoms with Crippen molar-refractivity contribution in [2.75, 3.05) is 17.6 Å². The van der Waals surface area contributed by atoms with Crippen molar-refractivity contribution in [3.63, 3.8) is 0 Å². The first-order valence-corrected chi connectivity index (χ1v) is 13.1. The molecule has 0 saturated heterocycles. The van der Waals surface area contributed by atoms with Crippen molar-refractivity contribution in [1.29, 1.82) is 0 Å². The predicted molar refractivity (Wildman–Crippen MR) is 129 cm³/mol. The zero-order valence-corrected chi connectivity index (χ0v) is 20.5. The molecule has 2 aromatic heterocycles. The molecule has 0 fully saturated rings. The SMILES string of the molecule is O=C(CSc1ccc2nnc(CCNS(=O)(=O)c3ccccc3)n2n1)Nc1ccc(OC(F)(F)F)cc1. The second kappa shape index (κ2) is 11.1. The van der Waals surface area contributed by atoms with Crippen molar-refractivity contribution >= 4 is 39.0 Å². The zero-order chi connectivity index (χ0) is 26.5. The monoisotopic (exact) mass is 552 g/mol. The first-order chi connectivity index (χ1) is 17.6. The highest BCUT2D eigenvalue weighted by atomic mass is 32.2. The summed E-state index contributed by atoms with van der Waals surface area (Å²) in [5.74, 6) is -0.377. The Morgan fingerprint density at radius 3 is 2.43 bits per heavy atom. The number of nitrogens with zero attached hydrogens (tertiary/aromatic N) is 4. The second-order valence-electron chi connectivity index (χ2n) is 7.43. The molecule has 15 heteroatoms. The lowest BCUT2D eigenvalue weighted by molar-refractivity contribution is -0.274. The zero-order valence-electron chi connectivity index (χ0n) is 18.8. The average Bonchev–Trinajstić information content (AvgIpc) is 3.26. The first kappa shape index (κ1) is 26.4. The molecule has 2 N–H and O–H groups in total. The number of aromatic nitrogens is 4. The normalized spacial score (nSPS) is 12.0. The number of ether oxygens (including phenoxy) is 1. The van der Waals surface area contributed by atoms with Gasteiger partial charge in [-0.2, -0.15) is 9.61 Å². The van der Waals surface area contributed by atoms with E-state index in [1.54, 1.807) is 30.3 Å². The molecule has 37 heavy (non-hydrogen) atoms. The van der Waals surface area contributed by atoms with E-state index < -0.39 is 28.0 Å². The topological polar surface area (TPSA) is 128 Å². The van der Waals surface area contributed by atoms with Crippen LogP contribution < -0.4 is 14.8 Å². The molecule has 0 saturated carbocycles. The van der Waals surface area contributed by atoms with E-state index in [1.165, 1.54) is 28.8 Å². The van der Waals surface area contributed by atoms with E-state index in [1.807, 2.05) is 0 Å². The maximum atomic E-state index is 12.4. The number of hydrogen-bond donors (Lipinski definition) is 2. The van der Waals surface area contributed by atoms with Gasteiger partial charge >= 0.3 is 6.36 Å². The van der Waals surface area contributed by atoms with Crippen LogP contribution in [0.15, 0.2) is 76.7 Å². The van der Waals surface area contributed by atoms with Crippen molar-refractivity contribution in [1.82, 2.24) is 24.5 Å². The number of alkyl halides is 3. The predicted octanol–water partition coefficient (Wildman–Crippen LogP) is 3.27. The van der Waals surface area contributed by atoms with E-state index in [2.05, 4.69) is 30.1 Å². The van der Waals surface area contributed by atoms with Gasteiger partial charge in [0.15, 0.2) is 11.5 Å². The van der Waals surface area contributed by atoms with E-state index in [-0.39, 0.29) is 23.6 Å². The minimum absolute atomic E-state index is 0.0202. The standard InChI is InChI=1S/C22H19F3N6O4S2/c23-22(24,25)35-16-8-6-15(7-9-16)27-20(32)14-36-21-11-10-18-28-29-19(31(18)30-21)12-13-26-37(33,34)17-4-2-1-3-5-17/h1-11,26H,12-14H2,(H,27,32). The molecule has 2 heterocycles. The number of benzene rings is 2. The summed E-state index contributed by atoms with van der Waals surface area (Å²) >= 11 is 1.13. The number of carbonyl (C=O) groups is 1. The van der Waals surface area contributed by atoms with Crippen LogP contribution in [0, 0.1) is 0 Å². The van der Waals surface area contributed by atoms with Gasteiger partial charge in [-0.15, -0.1) is 23.4 Å². The fourth-order valence-corrected chi connectivity index (χ4v) is 4.81. The van der Waals surface area contributed by atoms with Gasteiger partial charge in [-0.1, -0.05) is 30.0 Å². The Bertz CT molecular complexity index is 1480. The third-order valence-corrected chi connectivity index (χ3v) is 7.12. The second-order valence-corrected chi connectivity index (χ2v) is 10.2. The van der Waals surface area contributed by atoms with Crippen LogP contribution in [0.1, 0.15) is 5.82 Å². The molecule has 4 aromatic rings. The number of fused-ring (bicyclic) bond motifs is 1. The molecular weight excluding hydrogens is 533 g/mol. The smallest absolute Gasteiger partial charge is 0.406 e. The van der Waals surface area contributed by atoms with Crippen LogP contribution in [-0.4, -0.2) is 52.8 Å². The first-order valence-electron chi connectivity index (χ1n) is 10.6. The fraction of sp³-hybridized carbons (Fsp3) is 0.182. The number of sulfonamides is 1. The summed E-state index contributed by atoms with van der Waals surface area (Å²) in [6.45, 7) is 0.0757.